The highest BCUT2D eigenvalue weighted by atomic mass is 16.4. The van der Waals surface area contributed by atoms with E-state index < -0.39 is 5.97 Å². The van der Waals surface area contributed by atoms with E-state index in [1.165, 1.54) is 0 Å². The van der Waals surface area contributed by atoms with Crippen LogP contribution in [0.25, 0.3) is 11.0 Å². The Labute approximate surface area is 123 Å². The minimum atomic E-state index is -0.989. The first kappa shape index (κ1) is 15.0. The summed E-state index contributed by atoms with van der Waals surface area (Å²) in [5, 5.41) is 9.24. The molecule has 0 saturated carbocycles. The van der Waals surface area contributed by atoms with Gasteiger partial charge in [-0.3, -0.25) is 4.79 Å². The third-order valence-corrected chi connectivity index (χ3v) is 3.45. The summed E-state index contributed by atoms with van der Waals surface area (Å²) < 4.78 is 1.93. The van der Waals surface area contributed by atoms with Gasteiger partial charge < -0.3 is 14.6 Å². The number of nitrogens with zero attached hydrogens (tertiary/aromatic N) is 3. The van der Waals surface area contributed by atoms with Crippen LogP contribution in [0.2, 0.25) is 0 Å². The zero-order valence-electron chi connectivity index (χ0n) is 12.5. The molecule has 6 heteroatoms. The maximum atomic E-state index is 11.7. The minimum absolute atomic E-state index is 0.0355. The van der Waals surface area contributed by atoms with Crippen LogP contribution in [0.4, 0.5) is 0 Å². The summed E-state index contributed by atoms with van der Waals surface area (Å²) in [5.74, 6) is -0.157. The molecule has 0 spiro atoms. The number of para-hydroxylation sites is 1. The topological polar surface area (TPSA) is 75.4 Å². The molecule has 0 unspecified atom stereocenters. The molecule has 1 N–H and O–H groups in total. The van der Waals surface area contributed by atoms with E-state index in [0.717, 1.165) is 11.3 Å². The first-order chi connectivity index (χ1) is 9.95. The molecule has 1 aromatic carbocycles. The second-order valence-corrected chi connectivity index (χ2v) is 5.05. The number of aromatic nitrogens is 2. The molecule has 0 bridgehead atoms. The van der Waals surface area contributed by atoms with Crippen molar-refractivity contribution in [2.24, 2.45) is 0 Å². The van der Waals surface area contributed by atoms with Crippen molar-refractivity contribution in [3.05, 3.63) is 29.6 Å². The highest BCUT2D eigenvalue weighted by Gasteiger charge is 2.16. The lowest BCUT2D eigenvalue weighted by Crippen LogP contribution is -2.23. The van der Waals surface area contributed by atoms with E-state index in [1.54, 1.807) is 31.1 Å². The van der Waals surface area contributed by atoms with Gasteiger partial charge in [-0.25, -0.2) is 9.78 Å². The van der Waals surface area contributed by atoms with Crippen LogP contribution in [-0.2, 0) is 17.8 Å². The van der Waals surface area contributed by atoms with Gasteiger partial charge in [0, 0.05) is 33.5 Å². The second-order valence-electron chi connectivity index (χ2n) is 5.05. The Balaban J connectivity index is 2.45. The fourth-order valence-electron chi connectivity index (χ4n) is 2.32. The molecular formula is C15H19N3O3. The number of carboxylic acids is 1. The molecule has 0 aliphatic rings. The number of rotatable bonds is 5. The highest BCUT2D eigenvalue weighted by molar-refractivity contribution is 6.01. The molecule has 1 amide bonds. The number of carbonyl (C=O) groups is 2. The molecule has 1 heterocycles. The van der Waals surface area contributed by atoms with Crippen LogP contribution >= 0.6 is 0 Å². The van der Waals surface area contributed by atoms with Gasteiger partial charge in [-0.1, -0.05) is 13.0 Å². The number of imidazole rings is 1. The Morgan fingerprint density at radius 2 is 2.05 bits per heavy atom. The monoisotopic (exact) mass is 289 g/mol. The van der Waals surface area contributed by atoms with Crippen molar-refractivity contribution in [2.45, 2.75) is 26.3 Å². The molecule has 0 aliphatic carbocycles. The van der Waals surface area contributed by atoms with E-state index in [2.05, 4.69) is 4.98 Å². The van der Waals surface area contributed by atoms with Crippen LogP contribution in [-0.4, -0.2) is 45.5 Å². The maximum Gasteiger partial charge on any atom is 0.337 e. The normalized spacial score (nSPS) is 10.8. The summed E-state index contributed by atoms with van der Waals surface area (Å²) in [6.45, 7) is 2.46. The van der Waals surface area contributed by atoms with Crippen LogP contribution in [0.1, 0.15) is 29.5 Å². The predicted octanol–water partition coefficient (Wildman–Crippen LogP) is 1.78. The van der Waals surface area contributed by atoms with Gasteiger partial charge in [-0.15, -0.1) is 0 Å². The molecular weight excluding hydrogens is 270 g/mol. The van der Waals surface area contributed by atoms with Gasteiger partial charge in [0.1, 0.15) is 11.3 Å². The molecule has 0 fully saturated rings. The third-order valence-electron chi connectivity index (χ3n) is 3.45. The largest absolute Gasteiger partial charge is 0.478 e. The zero-order valence-corrected chi connectivity index (χ0v) is 12.5. The molecule has 2 rings (SSSR count). The minimum Gasteiger partial charge on any atom is -0.478 e. The Morgan fingerprint density at radius 1 is 1.33 bits per heavy atom. The smallest absolute Gasteiger partial charge is 0.337 e. The summed E-state index contributed by atoms with van der Waals surface area (Å²) in [4.78, 5) is 29.0. The molecule has 0 saturated heterocycles. The Hall–Kier alpha value is -2.37. The van der Waals surface area contributed by atoms with E-state index in [0.29, 0.717) is 24.9 Å². The summed E-state index contributed by atoms with van der Waals surface area (Å²) in [5.41, 5.74) is 1.44. The molecule has 6 nitrogen and oxygen atoms in total. The van der Waals surface area contributed by atoms with E-state index in [1.807, 2.05) is 17.6 Å². The second kappa shape index (κ2) is 5.95. The average Bonchev–Trinajstić information content (AvgIpc) is 2.81. The summed E-state index contributed by atoms with van der Waals surface area (Å²) in [7, 11) is 3.44. The van der Waals surface area contributed by atoms with Gasteiger partial charge in [-0.2, -0.15) is 0 Å². The fourth-order valence-corrected chi connectivity index (χ4v) is 2.32. The lowest BCUT2D eigenvalue weighted by Gasteiger charge is -2.12. The van der Waals surface area contributed by atoms with E-state index in [-0.39, 0.29) is 11.5 Å². The van der Waals surface area contributed by atoms with Crippen LogP contribution in [0, 0.1) is 0 Å². The van der Waals surface area contributed by atoms with Crippen LogP contribution < -0.4 is 0 Å². The quantitative estimate of drug-likeness (QED) is 0.910. The SMILES string of the molecule is CCc1nc2c(C(=O)O)cccc2n1CCC(=O)N(C)C. The van der Waals surface area contributed by atoms with Gasteiger partial charge in [-0.05, 0) is 12.1 Å². The van der Waals surface area contributed by atoms with Crippen molar-refractivity contribution in [1.82, 2.24) is 14.5 Å². The van der Waals surface area contributed by atoms with E-state index in [4.69, 9.17) is 0 Å². The Kier molecular flexibility index (Phi) is 4.26. The van der Waals surface area contributed by atoms with Gasteiger partial charge >= 0.3 is 5.97 Å². The predicted molar refractivity (Wildman–Crippen MR) is 79.4 cm³/mol. The zero-order chi connectivity index (χ0) is 15.6. The Morgan fingerprint density at radius 3 is 2.62 bits per heavy atom. The van der Waals surface area contributed by atoms with E-state index in [9.17, 15) is 14.7 Å². The van der Waals surface area contributed by atoms with Gasteiger partial charge in [0.05, 0.1) is 11.1 Å². The number of aromatic carboxylic acids is 1. The molecule has 0 atom stereocenters. The average molecular weight is 289 g/mol. The number of carbonyl (C=O) groups excluding carboxylic acids is 1. The van der Waals surface area contributed by atoms with Crippen molar-refractivity contribution in [3.8, 4) is 0 Å². The number of aryl methyl sites for hydroxylation is 2. The summed E-state index contributed by atoms with van der Waals surface area (Å²) in [6.07, 6.45) is 1.05. The van der Waals surface area contributed by atoms with Gasteiger partial charge in [0.2, 0.25) is 5.91 Å². The van der Waals surface area contributed by atoms with Crippen LogP contribution in [0.15, 0.2) is 18.2 Å². The number of amides is 1. The van der Waals surface area contributed by atoms with Crippen LogP contribution in [0.5, 0.6) is 0 Å². The molecule has 0 aliphatic heterocycles. The van der Waals surface area contributed by atoms with Crippen molar-refractivity contribution in [1.29, 1.82) is 0 Å². The van der Waals surface area contributed by atoms with E-state index >= 15 is 0 Å². The maximum absolute atomic E-state index is 11.7. The molecule has 112 valence electrons. The lowest BCUT2D eigenvalue weighted by molar-refractivity contribution is -0.128. The number of hydrogen-bond donors (Lipinski definition) is 1. The van der Waals surface area contributed by atoms with Gasteiger partial charge in [0.15, 0.2) is 0 Å². The molecule has 0 radical (unpaired) electrons. The Bertz CT molecular complexity index is 689. The number of fused-ring (bicyclic) bond motifs is 1. The molecule has 21 heavy (non-hydrogen) atoms. The number of carboxylic acid groups (broad SMARTS) is 1. The van der Waals surface area contributed by atoms with Crippen molar-refractivity contribution >= 4 is 22.9 Å². The van der Waals surface area contributed by atoms with Crippen molar-refractivity contribution in [3.63, 3.8) is 0 Å². The van der Waals surface area contributed by atoms with Crippen molar-refractivity contribution in [2.75, 3.05) is 14.1 Å². The third kappa shape index (κ3) is 2.89. The number of hydrogen-bond acceptors (Lipinski definition) is 3. The lowest BCUT2D eigenvalue weighted by atomic mass is 10.2. The molecule has 2 aromatic rings. The van der Waals surface area contributed by atoms with Crippen LogP contribution in [0.3, 0.4) is 0 Å². The van der Waals surface area contributed by atoms with Crippen molar-refractivity contribution < 1.29 is 14.7 Å². The number of benzene rings is 1. The summed E-state index contributed by atoms with van der Waals surface area (Å²) >= 11 is 0. The first-order valence-electron chi connectivity index (χ1n) is 6.87. The van der Waals surface area contributed by atoms with Gasteiger partial charge in [0.25, 0.3) is 0 Å². The fraction of sp³-hybridized carbons (Fsp3) is 0.400. The standard InChI is InChI=1S/C15H19N3O3/c1-4-12-16-14-10(15(20)21)6-5-7-11(14)18(12)9-8-13(19)17(2)3/h5-7H,4,8-9H2,1-3H3,(H,20,21). The summed E-state index contributed by atoms with van der Waals surface area (Å²) in [6, 6.07) is 5.09. The highest BCUT2D eigenvalue weighted by Crippen LogP contribution is 2.21. The molecule has 1 aromatic heterocycles. The first-order valence-corrected chi connectivity index (χ1v) is 6.87.